The number of aromatic nitrogens is 2. The van der Waals surface area contributed by atoms with E-state index in [1.165, 1.54) is 22.7 Å². The largest absolute Gasteiger partial charge is 0.235 e. The van der Waals surface area contributed by atoms with E-state index in [1.54, 1.807) is 22.7 Å². The van der Waals surface area contributed by atoms with Gasteiger partial charge in [-0.25, -0.2) is 9.97 Å². The van der Waals surface area contributed by atoms with Crippen LogP contribution >= 0.6 is 45.3 Å². The molecule has 0 saturated heterocycles. The van der Waals surface area contributed by atoms with Crippen LogP contribution in [0.15, 0.2) is 60.7 Å². The van der Waals surface area contributed by atoms with Crippen molar-refractivity contribution in [2.75, 3.05) is 0 Å². The maximum atomic E-state index is 9.73. The van der Waals surface area contributed by atoms with E-state index < -0.39 is 0 Å². The first-order chi connectivity index (χ1) is 16.7. The van der Waals surface area contributed by atoms with Crippen LogP contribution in [0.5, 0.6) is 0 Å². The number of benzene rings is 2. The van der Waals surface area contributed by atoms with Crippen molar-refractivity contribution in [3.8, 4) is 12.1 Å². The molecule has 0 radical (unpaired) electrons. The average Bonchev–Trinajstić information content (AvgIpc) is 3.62. The number of fused-ring (bicyclic) bond motifs is 3. The molecule has 6 rings (SSSR count). The molecule has 0 amide bonds. The van der Waals surface area contributed by atoms with Crippen molar-refractivity contribution in [3.05, 3.63) is 80.4 Å². The smallest absolute Gasteiger partial charge is 0.135 e. The first-order valence-electron chi connectivity index (χ1n) is 10.2. The molecule has 0 saturated carbocycles. The molecule has 0 N–H and O–H groups in total. The van der Waals surface area contributed by atoms with Crippen LogP contribution in [0.2, 0.25) is 0 Å². The topological polar surface area (TPSA) is 73.4 Å². The number of hydrogen-bond donors (Lipinski definition) is 0. The second-order valence-corrected chi connectivity index (χ2v) is 11.6. The zero-order chi connectivity index (χ0) is 23.1. The van der Waals surface area contributed by atoms with Crippen LogP contribution in [0.4, 0.5) is 0 Å². The summed E-state index contributed by atoms with van der Waals surface area (Å²) >= 11 is 6.33. The molecule has 0 unspecified atom stereocenters. The number of nitrogens with zero attached hydrogens (tertiary/aromatic N) is 4. The fraction of sp³-hybridized carbons (Fsp3) is 0. The minimum atomic E-state index is 0.567. The normalized spacial score (nSPS) is 12.4. The van der Waals surface area contributed by atoms with E-state index >= 15 is 0 Å². The van der Waals surface area contributed by atoms with Gasteiger partial charge in [-0.2, -0.15) is 10.5 Å². The van der Waals surface area contributed by atoms with Crippen LogP contribution in [0.3, 0.4) is 0 Å². The lowest BCUT2D eigenvalue weighted by molar-refractivity contribution is 1.44. The molecule has 0 aliphatic rings. The molecule has 160 valence electrons. The third-order valence-electron chi connectivity index (χ3n) is 5.11. The second-order valence-electron chi connectivity index (χ2n) is 7.34. The van der Waals surface area contributed by atoms with Gasteiger partial charge in [0.1, 0.15) is 22.2 Å². The Balaban J connectivity index is 1.32. The van der Waals surface area contributed by atoms with E-state index in [0.29, 0.717) is 11.1 Å². The van der Waals surface area contributed by atoms with Crippen molar-refractivity contribution < 1.29 is 0 Å². The maximum absolute atomic E-state index is 9.73. The molecule has 0 spiro atoms. The number of para-hydroxylation sites is 2. The van der Waals surface area contributed by atoms with E-state index in [2.05, 4.69) is 34.2 Å². The summed E-state index contributed by atoms with van der Waals surface area (Å²) in [5, 5.41) is 20.9. The van der Waals surface area contributed by atoms with Crippen molar-refractivity contribution in [2.24, 2.45) is 0 Å². The Bertz CT molecular complexity index is 1620. The van der Waals surface area contributed by atoms with Gasteiger partial charge in [0, 0.05) is 19.2 Å². The van der Waals surface area contributed by atoms with Gasteiger partial charge < -0.3 is 0 Å². The van der Waals surface area contributed by atoms with E-state index in [-0.39, 0.29) is 0 Å². The fourth-order valence-electron chi connectivity index (χ4n) is 3.56. The molecule has 0 aliphatic carbocycles. The van der Waals surface area contributed by atoms with Crippen LogP contribution < -0.4 is 0 Å². The Morgan fingerprint density at radius 3 is 1.47 bits per heavy atom. The molecule has 0 fully saturated rings. The highest BCUT2D eigenvalue weighted by molar-refractivity contribution is 7.28. The lowest BCUT2D eigenvalue weighted by atomic mass is 10.2. The standard InChI is InChI=1S/C26H12N4S4/c27-13-15(25-29-19-5-1-3-7-21(19)33-25)9-17-11-23-24(31-17)12-18(32-23)10-16(14-28)26-30-20-6-2-4-8-22(20)34-26/h1-12H/b15-9+,16-10+. The van der Waals surface area contributed by atoms with Gasteiger partial charge in [0.15, 0.2) is 0 Å². The van der Waals surface area contributed by atoms with Gasteiger partial charge >= 0.3 is 0 Å². The highest BCUT2D eigenvalue weighted by Gasteiger charge is 2.13. The lowest BCUT2D eigenvalue weighted by Crippen LogP contribution is -1.78. The molecular formula is C26H12N4S4. The summed E-state index contributed by atoms with van der Waals surface area (Å²) in [7, 11) is 0. The summed E-state index contributed by atoms with van der Waals surface area (Å²) in [5.74, 6) is 0. The van der Waals surface area contributed by atoms with Crippen LogP contribution in [0.1, 0.15) is 19.8 Å². The van der Waals surface area contributed by atoms with Crippen LogP contribution in [0.25, 0.3) is 53.1 Å². The lowest BCUT2D eigenvalue weighted by Gasteiger charge is -1.92. The number of thiazole rings is 2. The molecular weight excluding hydrogens is 497 g/mol. The second kappa shape index (κ2) is 8.60. The molecule has 2 aromatic carbocycles. The summed E-state index contributed by atoms with van der Waals surface area (Å²) in [6, 6.07) is 24.6. The molecule has 0 bridgehead atoms. The number of hydrogen-bond acceptors (Lipinski definition) is 8. The predicted molar refractivity (Wildman–Crippen MR) is 146 cm³/mol. The van der Waals surface area contributed by atoms with Gasteiger partial charge in [0.25, 0.3) is 0 Å². The highest BCUT2D eigenvalue weighted by Crippen LogP contribution is 2.37. The molecule has 0 aliphatic heterocycles. The molecule has 4 nitrogen and oxygen atoms in total. The molecule has 6 aromatic rings. The number of rotatable bonds is 4. The SMILES string of the molecule is N#C/C(=C\c1cc2sc(/C=C(\C#N)c3nc4ccccc4s3)cc2s1)c1nc2ccccc2s1. The van der Waals surface area contributed by atoms with Crippen molar-refractivity contribution in [2.45, 2.75) is 0 Å². The quantitative estimate of drug-likeness (QED) is 0.224. The molecule has 34 heavy (non-hydrogen) atoms. The monoisotopic (exact) mass is 508 g/mol. The minimum Gasteiger partial charge on any atom is -0.235 e. The van der Waals surface area contributed by atoms with E-state index in [4.69, 9.17) is 0 Å². The van der Waals surface area contributed by atoms with Crippen molar-refractivity contribution >= 4 is 98.5 Å². The van der Waals surface area contributed by atoms with Gasteiger partial charge in [-0.3, -0.25) is 0 Å². The number of nitriles is 2. The third kappa shape index (κ3) is 3.83. The fourth-order valence-corrected chi connectivity index (χ4v) is 7.73. The molecule has 4 aromatic heterocycles. The molecule has 8 heteroatoms. The summed E-state index contributed by atoms with van der Waals surface area (Å²) in [6.45, 7) is 0. The zero-order valence-corrected chi connectivity index (χ0v) is 20.6. The Labute approximate surface area is 210 Å². The van der Waals surface area contributed by atoms with Gasteiger partial charge in [-0.1, -0.05) is 24.3 Å². The summed E-state index contributed by atoms with van der Waals surface area (Å²) in [4.78, 5) is 11.3. The van der Waals surface area contributed by atoms with Crippen molar-refractivity contribution in [1.29, 1.82) is 10.5 Å². The van der Waals surface area contributed by atoms with Crippen LogP contribution in [-0.4, -0.2) is 9.97 Å². The first-order valence-corrected chi connectivity index (χ1v) is 13.5. The number of allylic oxidation sites excluding steroid dienone is 2. The van der Waals surface area contributed by atoms with E-state index in [9.17, 15) is 10.5 Å². The van der Waals surface area contributed by atoms with Gasteiger partial charge in [-0.05, 0) is 48.6 Å². The maximum Gasteiger partial charge on any atom is 0.135 e. The zero-order valence-electron chi connectivity index (χ0n) is 17.4. The van der Waals surface area contributed by atoms with E-state index in [1.807, 2.05) is 60.7 Å². The predicted octanol–water partition coefficient (Wildman–Crippen LogP) is 8.31. The van der Waals surface area contributed by atoms with Gasteiger partial charge in [0.2, 0.25) is 0 Å². The Morgan fingerprint density at radius 1 is 0.618 bits per heavy atom. The van der Waals surface area contributed by atoms with Gasteiger partial charge in [-0.15, -0.1) is 45.3 Å². The van der Waals surface area contributed by atoms with Gasteiger partial charge in [0.05, 0.1) is 31.6 Å². The molecule has 4 heterocycles. The summed E-state index contributed by atoms with van der Waals surface area (Å²) in [5.41, 5.74) is 2.96. The van der Waals surface area contributed by atoms with Crippen LogP contribution in [0, 0.1) is 22.7 Å². The van der Waals surface area contributed by atoms with Crippen LogP contribution in [-0.2, 0) is 0 Å². The average molecular weight is 509 g/mol. The third-order valence-corrected chi connectivity index (χ3v) is 9.43. The Hall–Kier alpha value is -3.66. The first kappa shape index (κ1) is 20.9. The summed E-state index contributed by atoms with van der Waals surface area (Å²) < 4.78 is 4.41. The molecule has 0 atom stereocenters. The Kier molecular flexibility index (Phi) is 5.29. The van der Waals surface area contributed by atoms with E-state index in [0.717, 1.165) is 49.6 Å². The Morgan fingerprint density at radius 2 is 1.06 bits per heavy atom. The highest BCUT2D eigenvalue weighted by atomic mass is 32.1. The van der Waals surface area contributed by atoms with Crippen molar-refractivity contribution in [3.63, 3.8) is 0 Å². The van der Waals surface area contributed by atoms with Crippen molar-refractivity contribution in [1.82, 2.24) is 9.97 Å². The minimum absolute atomic E-state index is 0.567. The number of thiophene rings is 2. The summed E-state index contributed by atoms with van der Waals surface area (Å²) in [6.07, 6.45) is 3.82.